The molecule has 3 aromatic rings. The molecule has 0 aliphatic carbocycles. The van der Waals surface area contributed by atoms with E-state index in [1.807, 2.05) is 31.2 Å². The number of ether oxygens (including phenoxy) is 2. The molecule has 2 aromatic carbocycles. The molecule has 1 aliphatic heterocycles. The third kappa shape index (κ3) is 2.31. The van der Waals surface area contributed by atoms with Gasteiger partial charge in [0.25, 0.3) is 5.56 Å². The van der Waals surface area contributed by atoms with Crippen LogP contribution >= 0.6 is 0 Å². The summed E-state index contributed by atoms with van der Waals surface area (Å²) in [6, 6.07) is 11.5. The zero-order valence-electron chi connectivity index (χ0n) is 13.0. The van der Waals surface area contributed by atoms with Crippen molar-refractivity contribution in [2.45, 2.75) is 19.1 Å². The molecule has 0 saturated heterocycles. The summed E-state index contributed by atoms with van der Waals surface area (Å²) < 4.78 is 26.9. The van der Waals surface area contributed by atoms with E-state index in [1.54, 1.807) is 6.07 Å². The molecule has 0 saturated carbocycles. The van der Waals surface area contributed by atoms with E-state index < -0.39 is 5.82 Å². The van der Waals surface area contributed by atoms with E-state index >= 15 is 0 Å². The Morgan fingerprint density at radius 1 is 1.21 bits per heavy atom. The molecule has 0 radical (unpaired) electrons. The van der Waals surface area contributed by atoms with Crippen molar-refractivity contribution in [3.05, 3.63) is 65.0 Å². The summed E-state index contributed by atoms with van der Waals surface area (Å²) in [4.78, 5) is 16.8. The first-order valence-electron chi connectivity index (χ1n) is 7.69. The first-order valence-corrected chi connectivity index (χ1v) is 7.69. The lowest BCUT2D eigenvalue weighted by molar-refractivity contribution is 0.0559. The van der Waals surface area contributed by atoms with E-state index in [-0.39, 0.29) is 28.6 Å². The number of para-hydroxylation sites is 3. The average Bonchev–Trinajstić information content (AvgIpc) is 2.62. The van der Waals surface area contributed by atoms with Gasteiger partial charge in [0.2, 0.25) is 0 Å². The number of halogens is 1. The van der Waals surface area contributed by atoms with Gasteiger partial charge < -0.3 is 9.47 Å². The summed E-state index contributed by atoms with van der Waals surface area (Å²) >= 11 is 0. The summed E-state index contributed by atoms with van der Waals surface area (Å²) in [6.07, 6.45) is 1.02. The van der Waals surface area contributed by atoms with Crippen molar-refractivity contribution in [3.63, 3.8) is 0 Å². The highest BCUT2D eigenvalue weighted by molar-refractivity contribution is 5.77. The van der Waals surface area contributed by atoms with Crippen LogP contribution in [0.25, 0.3) is 10.9 Å². The molecule has 4 rings (SSSR count). The summed E-state index contributed by atoms with van der Waals surface area (Å²) in [5.41, 5.74) is -0.216. The zero-order valence-corrected chi connectivity index (χ0v) is 13.0. The van der Waals surface area contributed by atoms with Crippen LogP contribution in [0.5, 0.6) is 11.5 Å². The van der Waals surface area contributed by atoms with Crippen LogP contribution in [-0.2, 0) is 0 Å². The number of fused-ring (bicyclic) bond motifs is 2. The highest BCUT2D eigenvalue weighted by atomic mass is 19.1. The number of nitrogens with zero attached hydrogens (tertiary/aromatic N) is 2. The summed E-state index contributed by atoms with van der Waals surface area (Å²) in [6.45, 7) is 2.18. The Hall–Kier alpha value is -2.89. The van der Waals surface area contributed by atoms with Crippen LogP contribution in [-0.4, -0.2) is 22.3 Å². The average molecular weight is 326 g/mol. The van der Waals surface area contributed by atoms with Gasteiger partial charge in [-0.2, -0.15) is 0 Å². The largest absolute Gasteiger partial charge is 0.486 e. The second kappa shape index (κ2) is 5.63. The van der Waals surface area contributed by atoms with Crippen LogP contribution in [0.2, 0.25) is 0 Å². The van der Waals surface area contributed by atoms with Crippen molar-refractivity contribution in [1.29, 1.82) is 0 Å². The number of benzene rings is 2. The van der Waals surface area contributed by atoms with E-state index in [1.165, 1.54) is 23.0 Å². The van der Waals surface area contributed by atoms with Crippen LogP contribution in [0.4, 0.5) is 4.39 Å². The molecule has 1 aromatic heterocycles. The van der Waals surface area contributed by atoms with Gasteiger partial charge in [-0.15, -0.1) is 0 Å². The minimum atomic E-state index is -0.504. The minimum Gasteiger partial charge on any atom is -0.486 e. The maximum Gasteiger partial charge on any atom is 0.261 e. The van der Waals surface area contributed by atoms with Gasteiger partial charge in [0.05, 0.1) is 17.8 Å². The Kier molecular flexibility index (Phi) is 3.45. The number of aromatic nitrogens is 2. The molecule has 0 bridgehead atoms. The summed E-state index contributed by atoms with van der Waals surface area (Å²) in [5.74, 6) is 0.830. The second-order valence-corrected chi connectivity index (χ2v) is 5.75. The molecule has 2 atom stereocenters. The number of rotatable bonds is 2. The lowest BCUT2D eigenvalue weighted by atomic mass is 10.1. The fourth-order valence-electron chi connectivity index (χ4n) is 2.87. The number of hydrogen-bond donors (Lipinski definition) is 0. The summed E-state index contributed by atoms with van der Waals surface area (Å²) in [7, 11) is 0. The Morgan fingerprint density at radius 3 is 2.83 bits per heavy atom. The van der Waals surface area contributed by atoms with Crippen LogP contribution in [0, 0.1) is 5.82 Å². The maximum absolute atomic E-state index is 13.8. The van der Waals surface area contributed by atoms with Crippen molar-refractivity contribution in [1.82, 2.24) is 9.55 Å². The third-order valence-electron chi connectivity index (χ3n) is 4.27. The number of hydrogen-bond acceptors (Lipinski definition) is 4. The highest BCUT2D eigenvalue weighted by Crippen LogP contribution is 2.33. The van der Waals surface area contributed by atoms with E-state index in [0.29, 0.717) is 18.1 Å². The summed E-state index contributed by atoms with van der Waals surface area (Å²) in [5, 5.41) is 0.251. The van der Waals surface area contributed by atoms with E-state index in [4.69, 9.17) is 9.47 Å². The molecule has 0 amide bonds. The third-order valence-corrected chi connectivity index (χ3v) is 4.27. The van der Waals surface area contributed by atoms with Gasteiger partial charge in [0.1, 0.15) is 17.9 Å². The van der Waals surface area contributed by atoms with Gasteiger partial charge in [-0.25, -0.2) is 9.37 Å². The molecule has 0 N–H and O–H groups in total. The first-order chi connectivity index (χ1) is 11.6. The predicted octanol–water partition coefficient (Wildman–Crippen LogP) is 2.94. The normalized spacial score (nSPS) is 17.7. The molecule has 5 nitrogen and oxygen atoms in total. The predicted molar refractivity (Wildman–Crippen MR) is 87.0 cm³/mol. The van der Waals surface area contributed by atoms with Gasteiger partial charge in [0.15, 0.2) is 17.6 Å². The van der Waals surface area contributed by atoms with Crippen molar-refractivity contribution in [2.75, 3.05) is 6.61 Å². The Bertz CT molecular complexity index is 970. The van der Waals surface area contributed by atoms with Crippen molar-refractivity contribution >= 4 is 10.9 Å². The first kappa shape index (κ1) is 14.7. The van der Waals surface area contributed by atoms with Crippen molar-refractivity contribution in [3.8, 4) is 11.5 Å². The fraction of sp³-hybridized carbons (Fsp3) is 0.222. The molecule has 0 unspecified atom stereocenters. The van der Waals surface area contributed by atoms with Gasteiger partial charge in [-0.05, 0) is 31.2 Å². The highest BCUT2D eigenvalue weighted by Gasteiger charge is 2.28. The molecule has 0 fully saturated rings. The van der Waals surface area contributed by atoms with Crippen molar-refractivity contribution in [2.24, 2.45) is 0 Å². The van der Waals surface area contributed by atoms with Crippen LogP contribution in [0.1, 0.15) is 13.0 Å². The molecule has 24 heavy (non-hydrogen) atoms. The Morgan fingerprint density at radius 2 is 2.00 bits per heavy atom. The Balaban J connectivity index is 1.71. The minimum absolute atomic E-state index is 0.0807. The molecule has 6 heteroatoms. The second-order valence-electron chi connectivity index (χ2n) is 5.75. The molecule has 1 aliphatic rings. The van der Waals surface area contributed by atoms with Gasteiger partial charge in [-0.3, -0.25) is 9.36 Å². The van der Waals surface area contributed by atoms with E-state index in [2.05, 4.69) is 4.98 Å². The zero-order chi connectivity index (χ0) is 16.7. The lowest BCUT2D eigenvalue weighted by Gasteiger charge is -2.31. The van der Waals surface area contributed by atoms with Crippen LogP contribution in [0.3, 0.4) is 0 Å². The van der Waals surface area contributed by atoms with Crippen LogP contribution in [0.15, 0.2) is 53.6 Å². The van der Waals surface area contributed by atoms with Crippen molar-refractivity contribution < 1.29 is 13.9 Å². The van der Waals surface area contributed by atoms with Gasteiger partial charge in [-0.1, -0.05) is 18.2 Å². The van der Waals surface area contributed by atoms with Gasteiger partial charge >= 0.3 is 0 Å². The molecule has 2 heterocycles. The van der Waals surface area contributed by atoms with Gasteiger partial charge in [0, 0.05) is 0 Å². The SMILES string of the molecule is C[C@H]([C@H]1COc2ccccc2O1)n1cnc2c(F)cccc2c1=O. The smallest absolute Gasteiger partial charge is 0.261 e. The molecular weight excluding hydrogens is 311 g/mol. The molecule has 0 spiro atoms. The molecular formula is C18H15FN2O3. The maximum atomic E-state index is 13.8. The topological polar surface area (TPSA) is 53.4 Å². The van der Waals surface area contributed by atoms with Crippen LogP contribution < -0.4 is 15.0 Å². The lowest BCUT2D eigenvalue weighted by Crippen LogP contribution is -2.39. The Labute approximate surface area is 137 Å². The van der Waals surface area contributed by atoms with E-state index in [0.717, 1.165) is 0 Å². The van der Waals surface area contributed by atoms with E-state index in [9.17, 15) is 9.18 Å². The fourth-order valence-corrected chi connectivity index (χ4v) is 2.87. The monoisotopic (exact) mass is 326 g/mol. The molecule has 122 valence electrons. The quantitative estimate of drug-likeness (QED) is 0.726. The standard InChI is InChI=1S/C18H15FN2O3/c1-11(16-9-23-14-7-2-3-8-15(14)24-16)21-10-20-17-12(18(21)22)5-4-6-13(17)19/h2-8,10-11,16H,9H2,1H3/t11-,16-/m1/s1.